The highest BCUT2D eigenvalue weighted by Crippen LogP contribution is 2.33. The highest BCUT2D eigenvalue weighted by Gasteiger charge is 2.40. The maximum absolute atomic E-state index is 13.5. The summed E-state index contributed by atoms with van der Waals surface area (Å²) in [7, 11) is -6.18. The number of rotatable bonds is 8. The molecule has 1 fully saturated rings. The Hall–Kier alpha value is -3.95. The Labute approximate surface area is 228 Å². The van der Waals surface area contributed by atoms with Crippen molar-refractivity contribution in [1.82, 2.24) is 20.4 Å². The summed E-state index contributed by atoms with van der Waals surface area (Å²) in [6.07, 6.45) is 0.0198. The van der Waals surface area contributed by atoms with Crippen molar-refractivity contribution in [2.45, 2.75) is 18.4 Å². The summed E-state index contributed by atoms with van der Waals surface area (Å²) >= 11 is 0. The van der Waals surface area contributed by atoms with Crippen molar-refractivity contribution >= 4 is 43.9 Å². The quantitative estimate of drug-likeness (QED) is 0.135. The second-order valence-electron chi connectivity index (χ2n) is 9.20. The molecule has 0 bridgehead atoms. The van der Waals surface area contributed by atoms with Gasteiger partial charge in [0.05, 0.1) is 16.8 Å². The van der Waals surface area contributed by atoms with E-state index < -0.39 is 44.6 Å². The van der Waals surface area contributed by atoms with Gasteiger partial charge in [-0.1, -0.05) is 24.3 Å². The summed E-state index contributed by atoms with van der Waals surface area (Å²) in [4.78, 5) is 59.7. The van der Waals surface area contributed by atoms with Crippen LogP contribution in [0.25, 0.3) is 0 Å². The third kappa shape index (κ3) is 6.11. The first-order valence-corrected chi connectivity index (χ1v) is 13.8. The molecule has 0 saturated carbocycles. The number of carbonyl (C=O) groups is 3. The Balaban J connectivity index is 1.57. The van der Waals surface area contributed by atoms with Gasteiger partial charge in [-0.3, -0.25) is 19.7 Å². The number of carbonyl (C=O) groups excluding carboxylic acids is 2. The van der Waals surface area contributed by atoms with Gasteiger partial charge in [-0.2, -0.15) is 0 Å². The second-order valence-corrected chi connectivity index (χ2v) is 10.8. The predicted molar refractivity (Wildman–Crippen MR) is 142 cm³/mol. The number of nitrogens with one attached hydrogen (secondary N) is 3. The van der Waals surface area contributed by atoms with Gasteiger partial charge in [0.25, 0.3) is 0 Å². The number of fused-ring (bicyclic) bond motifs is 1. The third-order valence-electron chi connectivity index (χ3n) is 6.56. The number of nitrogens with two attached hydrogens (primary N) is 1. The van der Waals surface area contributed by atoms with E-state index in [4.69, 9.17) is 15.8 Å². The number of guanidine groups is 1. The Kier molecular flexibility index (Phi) is 8.47. The van der Waals surface area contributed by atoms with E-state index in [0.29, 0.717) is 18.7 Å². The van der Waals surface area contributed by atoms with Crippen LogP contribution in [-0.4, -0.2) is 92.8 Å². The Morgan fingerprint density at radius 3 is 2.50 bits per heavy atom. The summed E-state index contributed by atoms with van der Waals surface area (Å²) < 4.78 is 17.0. The summed E-state index contributed by atoms with van der Waals surface area (Å²) in [5, 5.41) is 33.1. The molecule has 1 saturated heterocycles. The molecule has 17 heteroatoms. The van der Waals surface area contributed by atoms with Crippen LogP contribution in [0.5, 0.6) is 5.75 Å². The van der Waals surface area contributed by atoms with Crippen LogP contribution in [0, 0.1) is 5.41 Å². The molecule has 40 heavy (non-hydrogen) atoms. The maximum Gasteiger partial charge on any atom is 0.547 e. The average Bonchev–Trinajstić information content (AvgIpc) is 3.26. The Morgan fingerprint density at radius 1 is 1.18 bits per heavy atom. The van der Waals surface area contributed by atoms with E-state index in [1.165, 1.54) is 24.3 Å². The fraction of sp³-hybridized carbons (Fsp3) is 0.304. The average molecular weight is 574 g/mol. The van der Waals surface area contributed by atoms with Crippen LogP contribution in [0.2, 0.25) is 0 Å². The molecule has 2 atom stereocenters. The molecule has 2 aromatic carbocycles. The number of amides is 3. The lowest BCUT2D eigenvalue weighted by atomic mass is 9.72. The fourth-order valence-corrected chi connectivity index (χ4v) is 5.06. The fourth-order valence-electron chi connectivity index (χ4n) is 4.52. The normalized spacial score (nSPS) is 17.6. The highest BCUT2D eigenvalue weighted by molar-refractivity contribution is 7.60. The van der Waals surface area contributed by atoms with Gasteiger partial charge in [-0.15, -0.1) is 0 Å². The number of aromatic carboxylic acids is 1. The molecule has 2 aliphatic rings. The first-order chi connectivity index (χ1) is 18.9. The van der Waals surface area contributed by atoms with Crippen LogP contribution in [0.4, 0.5) is 4.79 Å². The minimum Gasteiger partial charge on any atom is -0.534 e. The van der Waals surface area contributed by atoms with Crippen LogP contribution in [0.15, 0.2) is 42.5 Å². The largest absolute Gasteiger partial charge is 0.547 e. The van der Waals surface area contributed by atoms with Gasteiger partial charge in [-0.25, -0.2) is 9.59 Å². The zero-order valence-corrected chi connectivity index (χ0v) is 22.0. The van der Waals surface area contributed by atoms with Crippen molar-refractivity contribution in [3.63, 3.8) is 0 Å². The van der Waals surface area contributed by atoms with Gasteiger partial charge in [0.2, 0.25) is 11.9 Å². The van der Waals surface area contributed by atoms with Crippen LogP contribution >= 0.6 is 7.60 Å². The van der Waals surface area contributed by atoms with Crippen LogP contribution in [0.1, 0.15) is 27.5 Å². The standard InChI is InChI=1S/C23H28BN6O9P/c25-8-9-29-10-11-30(22(29)26)23(34)28-18(13-4-6-15(7-5-13)40(36,37)38)20(31)27-17-12-14-2-1-3-16(21(32)33)19(14)39-24(17)35/h1-7,17-18,26,35H,8-12,25H2,(H,27,31)(H,28,34)(H,32,33)(H2,36,37,38)/t17-,18+/m0/s1. The lowest BCUT2D eigenvalue weighted by Gasteiger charge is -2.30. The molecule has 212 valence electrons. The monoisotopic (exact) mass is 574 g/mol. The van der Waals surface area contributed by atoms with E-state index in [2.05, 4.69) is 10.6 Å². The van der Waals surface area contributed by atoms with Gasteiger partial charge in [0.1, 0.15) is 11.8 Å². The van der Waals surface area contributed by atoms with Crippen molar-refractivity contribution in [1.29, 1.82) is 5.41 Å². The predicted octanol–water partition coefficient (Wildman–Crippen LogP) is -1.41. The molecule has 2 aliphatic heterocycles. The second kappa shape index (κ2) is 11.7. The van der Waals surface area contributed by atoms with Crippen molar-refractivity contribution in [2.24, 2.45) is 5.73 Å². The summed E-state index contributed by atoms with van der Waals surface area (Å²) in [5.41, 5.74) is 6.02. The van der Waals surface area contributed by atoms with Crippen molar-refractivity contribution < 1.29 is 43.5 Å². The lowest BCUT2D eigenvalue weighted by molar-refractivity contribution is -0.123. The molecule has 0 spiro atoms. The zero-order valence-electron chi connectivity index (χ0n) is 21.1. The van der Waals surface area contributed by atoms with Gasteiger partial charge < -0.3 is 45.8 Å². The number of para-hydroxylation sites is 1. The van der Waals surface area contributed by atoms with E-state index in [9.17, 15) is 38.9 Å². The lowest BCUT2D eigenvalue weighted by Crippen LogP contribution is -2.56. The number of urea groups is 1. The number of benzene rings is 2. The molecule has 4 rings (SSSR count). The van der Waals surface area contributed by atoms with Crippen LogP contribution in [0.3, 0.4) is 0 Å². The molecule has 0 aromatic heterocycles. The number of hydrogen-bond donors (Lipinski definition) is 8. The zero-order chi connectivity index (χ0) is 29.2. The molecular weight excluding hydrogens is 546 g/mol. The van der Waals surface area contributed by atoms with Crippen LogP contribution < -0.4 is 26.3 Å². The first-order valence-electron chi connectivity index (χ1n) is 12.2. The summed E-state index contributed by atoms with van der Waals surface area (Å²) in [6, 6.07) is 7.08. The minimum absolute atomic E-state index is 0.0135. The molecule has 2 aromatic rings. The smallest absolute Gasteiger partial charge is 0.534 e. The van der Waals surface area contributed by atoms with Gasteiger partial charge >= 0.3 is 26.7 Å². The van der Waals surface area contributed by atoms with Gasteiger partial charge in [-0.05, 0) is 35.7 Å². The maximum atomic E-state index is 13.5. The molecule has 15 nitrogen and oxygen atoms in total. The molecule has 3 amide bonds. The number of nitrogens with zero attached hydrogens (tertiary/aromatic N) is 2. The number of hydrogen-bond acceptors (Lipinski definition) is 8. The molecule has 0 unspecified atom stereocenters. The SMILES string of the molecule is N=C1N(CCN)CCN1C(=O)N[C@@H](C(=O)N[C@H]1Cc2cccc(C(=O)O)c2OB1O)c1ccc(P(=O)(O)O)cc1. The molecule has 9 N–H and O–H groups in total. The topological polar surface area (TPSA) is 239 Å². The van der Waals surface area contributed by atoms with E-state index in [-0.39, 0.29) is 47.7 Å². The molecule has 0 radical (unpaired) electrons. The van der Waals surface area contributed by atoms with E-state index >= 15 is 0 Å². The van der Waals surface area contributed by atoms with E-state index in [1.54, 1.807) is 11.0 Å². The van der Waals surface area contributed by atoms with Crippen LogP contribution in [-0.2, 0) is 15.8 Å². The number of carboxylic acids is 1. The minimum atomic E-state index is -4.57. The molecular formula is C23H28BN6O9P. The van der Waals surface area contributed by atoms with Crippen molar-refractivity contribution in [3.8, 4) is 5.75 Å². The highest BCUT2D eigenvalue weighted by atomic mass is 31.2. The van der Waals surface area contributed by atoms with E-state index in [1.807, 2.05) is 0 Å². The summed E-state index contributed by atoms with van der Waals surface area (Å²) in [6.45, 7) is 1.19. The van der Waals surface area contributed by atoms with Gasteiger partial charge in [0, 0.05) is 26.2 Å². The Morgan fingerprint density at radius 2 is 1.88 bits per heavy atom. The van der Waals surface area contributed by atoms with Crippen molar-refractivity contribution in [2.75, 3.05) is 26.2 Å². The van der Waals surface area contributed by atoms with Crippen molar-refractivity contribution in [3.05, 3.63) is 59.2 Å². The summed E-state index contributed by atoms with van der Waals surface area (Å²) in [5.74, 6) is -3.16. The number of carboxylic acid groups (broad SMARTS) is 1. The molecule has 2 heterocycles. The first kappa shape index (κ1) is 29.0. The van der Waals surface area contributed by atoms with E-state index in [0.717, 1.165) is 17.0 Å². The van der Waals surface area contributed by atoms with Gasteiger partial charge in [0.15, 0.2) is 0 Å². The molecule has 0 aliphatic carbocycles. The third-order valence-corrected chi connectivity index (χ3v) is 7.53. The Bertz CT molecular complexity index is 1370.